The molecule has 6 heteroatoms. The Morgan fingerprint density at radius 3 is 2.61 bits per heavy atom. The van der Waals surface area contributed by atoms with Crippen LogP contribution in [-0.4, -0.2) is 48.3 Å². The van der Waals surface area contributed by atoms with Crippen molar-refractivity contribution in [3.8, 4) is 0 Å². The summed E-state index contributed by atoms with van der Waals surface area (Å²) in [7, 11) is 4.19. The maximum absolute atomic E-state index is 12.2. The van der Waals surface area contributed by atoms with Crippen molar-refractivity contribution in [1.29, 1.82) is 0 Å². The van der Waals surface area contributed by atoms with Crippen LogP contribution in [0, 0.1) is 10.1 Å². The minimum Gasteiger partial charge on any atom is -0.308 e. The highest BCUT2D eigenvalue weighted by atomic mass is 16.6. The third-order valence-electron chi connectivity index (χ3n) is 4.85. The lowest BCUT2D eigenvalue weighted by Gasteiger charge is -2.43. The molecular weight excluding hydrogens is 294 g/mol. The topological polar surface area (TPSA) is 75.5 Å². The van der Waals surface area contributed by atoms with Crippen molar-refractivity contribution in [3.05, 3.63) is 39.9 Å². The van der Waals surface area contributed by atoms with Gasteiger partial charge in [-0.1, -0.05) is 31.4 Å². The number of hydrogen-bond donors (Lipinski definition) is 1. The number of non-ortho nitro benzene ring substituents is 1. The molecule has 1 fully saturated rings. The second-order valence-electron chi connectivity index (χ2n) is 6.51. The van der Waals surface area contributed by atoms with E-state index in [-0.39, 0.29) is 23.6 Å². The molecule has 0 radical (unpaired) electrons. The number of ketones is 1. The first-order chi connectivity index (χ1) is 10.9. The minimum absolute atomic E-state index is 0.0482. The second-order valence-corrected chi connectivity index (χ2v) is 6.51. The summed E-state index contributed by atoms with van der Waals surface area (Å²) in [6, 6.07) is 5.91. The Balaban J connectivity index is 1.93. The van der Waals surface area contributed by atoms with Crippen molar-refractivity contribution < 1.29 is 9.72 Å². The van der Waals surface area contributed by atoms with Gasteiger partial charge in [0.1, 0.15) is 0 Å². The van der Waals surface area contributed by atoms with Crippen LogP contribution in [0.4, 0.5) is 5.69 Å². The smallest absolute Gasteiger partial charge is 0.270 e. The number of nitro groups is 1. The lowest BCUT2D eigenvalue weighted by Crippen LogP contribution is -2.53. The van der Waals surface area contributed by atoms with Crippen molar-refractivity contribution >= 4 is 11.5 Å². The van der Waals surface area contributed by atoms with Gasteiger partial charge in [-0.3, -0.25) is 14.9 Å². The Morgan fingerprint density at radius 1 is 1.30 bits per heavy atom. The highest BCUT2D eigenvalue weighted by Crippen LogP contribution is 2.31. The molecule has 1 saturated carbocycles. The predicted molar refractivity (Wildman–Crippen MR) is 89.8 cm³/mol. The quantitative estimate of drug-likeness (QED) is 0.475. The van der Waals surface area contributed by atoms with Gasteiger partial charge in [-0.05, 0) is 26.9 Å². The molecule has 0 heterocycles. The molecule has 0 bridgehead atoms. The number of rotatable bonds is 7. The first-order valence-electron chi connectivity index (χ1n) is 8.10. The highest BCUT2D eigenvalue weighted by Gasteiger charge is 2.33. The molecule has 2 rings (SSSR count). The van der Waals surface area contributed by atoms with E-state index in [9.17, 15) is 14.9 Å². The molecule has 1 aromatic carbocycles. The van der Waals surface area contributed by atoms with E-state index in [4.69, 9.17) is 0 Å². The van der Waals surface area contributed by atoms with Crippen molar-refractivity contribution in [2.45, 2.75) is 37.6 Å². The summed E-state index contributed by atoms with van der Waals surface area (Å²) in [5.41, 5.74) is 0.448. The summed E-state index contributed by atoms with van der Waals surface area (Å²) in [6.45, 7) is 0.970. The molecule has 126 valence electrons. The van der Waals surface area contributed by atoms with Crippen molar-refractivity contribution in [3.63, 3.8) is 0 Å². The fourth-order valence-electron chi connectivity index (χ4n) is 3.30. The Kier molecular flexibility index (Phi) is 5.85. The third kappa shape index (κ3) is 4.36. The molecule has 0 atom stereocenters. The number of nitro benzene ring substituents is 1. The van der Waals surface area contributed by atoms with Gasteiger partial charge in [-0.2, -0.15) is 0 Å². The molecule has 1 aromatic rings. The van der Waals surface area contributed by atoms with E-state index in [1.165, 1.54) is 31.4 Å². The summed E-state index contributed by atoms with van der Waals surface area (Å²) in [4.78, 5) is 24.8. The Hall–Kier alpha value is -1.79. The lowest BCUT2D eigenvalue weighted by molar-refractivity contribution is -0.384. The lowest BCUT2D eigenvalue weighted by atomic mass is 9.80. The zero-order chi connectivity index (χ0) is 16.9. The first-order valence-corrected chi connectivity index (χ1v) is 8.10. The van der Waals surface area contributed by atoms with Crippen LogP contribution in [0.2, 0.25) is 0 Å². The fourth-order valence-corrected chi connectivity index (χ4v) is 3.30. The standard InChI is InChI=1S/C17H25N3O3/c1-19(2)17(9-4-3-5-10-17)13-18-12-16(21)14-7-6-8-15(11-14)20(22)23/h6-8,11,18H,3-5,9-10,12-13H2,1-2H3. The van der Waals surface area contributed by atoms with E-state index >= 15 is 0 Å². The molecule has 0 amide bonds. The Bertz CT molecular complexity index is 566. The monoisotopic (exact) mass is 319 g/mol. The number of likely N-dealkylation sites (N-methyl/N-ethyl adjacent to an activating group) is 1. The number of hydrogen-bond acceptors (Lipinski definition) is 5. The average molecular weight is 319 g/mol. The summed E-state index contributed by atoms with van der Waals surface area (Å²) in [6.07, 6.45) is 6.00. The zero-order valence-electron chi connectivity index (χ0n) is 13.9. The first kappa shape index (κ1) is 17.6. The summed E-state index contributed by atoms with van der Waals surface area (Å²) in [5.74, 6) is -0.113. The van der Waals surface area contributed by atoms with Crippen molar-refractivity contribution in [2.24, 2.45) is 0 Å². The van der Waals surface area contributed by atoms with E-state index in [1.54, 1.807) is 12.1 Å². The van der Waals surface area contributed by atoms with Gasteiger partial charge in [-0.25, -0.2) is 0 Å². The summed E-state index contributed by atoms with van der Waals surface area (Å²) >= 11 is 0. The van der Waals surface area contributed by atoms with Crippen molar-refractivity contribution in [1.82, 2.24) is 10.2 Å². The zero-order valence-corrected chi connectivity index (χ0v) is 13.9. The molecule has 1 aliphatic rings. The van der Waals surface area contributed by atoms with Crippen LogP contribution in [0.15, 0.2) is 24.3 Å². The van der Waals surface area contributed by atoms with E-state index < -0.39 is 4.92 Å². The van der Waals surface area contributed by atoms with Crippen LogP contribution < -0.4 is 5.32 Å². The minimum atomic E-state index is -0.479. The van der Waals surface area contributed by atoms with Gasteiger partial charge in [0.15, 0.2) is 5.78 Å². The molecule has 6 nitrogen and oxygen atoms in total. The fraction of sp³-hybridized carbons (Fsp3) is 0.588. The summed E-state index contributed by atoms with van der Waals surface area (Å²) < 4.78 is 0. The van der Waals surface area contributed by atoms with Gasteiger partial charge in [-0.15, -0.1) is 0 Å². The number of carbonyl (C=O) groups excluding carboxylic acids is 1. The van der Waals surface area contributed by atoms with Crippen LogP contribution in [0.1, 0.15) is 42.5 Å². The van der Waals surface area contributed by atoms with E-state index in [2.05, 4.69) is 24.3 Å². The van der Waals surface area contributed by atoms with Crippen LogP contribution in [-0.2, 0) is 0 Å². The van der Waals surface area contributed by atoms with E-state index in [1.807, 2.05) is 0 Å². The summed E-state index contributed by atoms with van der Waals surface area (Å²) in [5, 5.41) is 14.0. The maximum Gasteiger partial charge on any atom is 0.270 e. The molecule has 1 aliphatic carbocycles. The molecular formula is C17H25N3O3. The number of nitrogens with zero attached hydrogens (tertiary/aromatic N) is 2. The highest BCUT2D eigenvalue weighted by molar-refractivity contribution is 5.98. The number of nitrogens with one attached hydrogen (secondary N) is 1. The van der Waals surface area contributed by atoms with Gasteiger partial charge >= 0.3 is 0 Å². The van der Waals surface area contributed by atoms with Crippen LogP contribution in [0.5, 0.6) is 0 Å². The van der Waals surface area contributed by atoms with Crippen LogP contribution in [0.25, 0.3) is 0 Å². The SMILES string of the molecule is CN(C)C1(CNCC(=O)c2cccc([N+](=O)[O-])c2)CCCCC1. The van der Waals surface area contributed by atoms with E-state index in [0.29, 0.717) is 5.56 Å². The number of Topliss-reactive ketones (excluding diaryl/α,β-unsaturated/α-hetero) is 1. The molecule has 0 aromatic heterocycles. The third-order valence-corrected chi connectivity index (χ3v) is 4.85. The van der Waals surface area contributed by atoms with Crippen molar-refractivity contribution in [2.75, 3.05) is 27.2 Å². The molecule has 0 spiro atoms. The van der Waals surface area contributed by atoms with Crippen LogP contribution >= 0.6 is 0 Å². The largest absolute Gasteiger partial charge is 0.308 e. The molecule has 0 saturated heterocycles. The number of carbonyl (C=O) groups is 1. The second kappa shape index (κ2) is 7.66. The molecule has 0 unspecified atom stereocenters. The van der Waals surface area contributed by atoms with E-state index in [0.717, 1.165) is 19.4 Å². The Morgan fingerprint density at radius 2 is 2.00 bits per heavy atom. The van der Waals surface area contributed by atoms with Gasteiger partial charge in [0, 0.05) is 29.8 Å². The molecule has 0 aliphatic heterocycles. The van der Waals surface area contributed by atoms with Gasteiger partial charge in [0.2, 0.25) is 0 Å². The molecule has 23 heavy (non-hydrogen) atoms. The normalized spacial score (nSPS) is 17.2. The molecule has 1 N–H and O–H groups in total. The van der Waals surface area contributed by atoms with Gasteiger partial charge in [0.05, 0.1) is 11.5 Å². The maximum atomic E-state index is 12.2. The predicted octanol–water partition coefficient (Wildman–Crippen LogP) is 2.63. The van der Waals surface area contributed by atoms with Gasteiger partial charge < -0.3 is 10.2 Å². The Labute approximate surface area is 137 Å². The average Bonchev–Trinajstić information content (AvgIpc) is 2.55. The number of benzene rings is 1. The van der Waals surface area contributed by atoms with Crippen LogP contribution in [0.3, 0.4) is 0 Å². The van der Waals surface area contributed by atoms with Gasteiger partial charge in [0.25, 0.3) is 5.69 Å².